The lowest BCUT2D eigenvalue weighted by molar-refractivity contribution is -0.131. The number of para-hydroxylation sites is 1. The first-order valence-corrected chi connectivity index (χ1v) is 10.4. The van der Waals surface area contributed by atoms with Crippen molar-refractivity contribution in [3.63, 3.8) is 0 Å². The van der Waals surface area contributed by atoms with Gasteiger partial charge in [-0.25, -0.2) is 0 Å². The lowest BCUT2D eigenvalue weighted by Gasteiger charge is -2.32. The van der Waals surface area contributed by atoms with Crippen molar-refractivity contribution >= 4 is 29.3 Å². The normalized spacial score (nSPS) is 15.9. The average Bonchev–Trinajstić information content (AvgIpc) is 2.78. The van der Waals surface area contributed by atoms with Gasteiger partial charge in [-0.05, 0) is 42.7 Å². The van der Waals surface area contributed by atoms with E-state index in [1.54, 1.807) is 30.3 Å². The number of carbonyl (C=O) groups is 3. The molecule has 32 heavy (non-hydrogen) atoms. The van der Waals surface area contributed by atoms with E-state index in [1.807, 2.05) is 0 Å². The molecule has 170 valence electrons. The molecule has 2 N–H and O–H groups in total. The number of rotatable bonds is 6. The fourth-order valence-electron chi connectivity index (χ4n) is 3.45. The van der Waals surface area contributed by atoms with Gasteiger partial charge in [0.25, 0.3) is 5.91 Å². The average molecular weight is 466 g/mol. The van der Waals surface area contributed by atoms with Gasteiger partial charge in [-0.15, -0.1) is 0 Å². The number of hydrazine groups is 1. The first-order chi connectivity index (χ1) is 15.3. The summed E-state index contributed by atoms with van der Waals surface area (Å²) in [6.07, 6.45) is 1.14. The molecule has 2 aromatic carbocycles. The van der Waals surface area contributed by atoms with E-state index in [1.165, 1.54) is 23.1 Å². The summed E-state index contributed by atoms with van der Waals surface area (Å²) in [6, 6.07) is 12.5. The minimum absolute atomic E-state index is 0.00475. The SMILES string of the molecule is O=C(Cc1ccc(Cl)cc1)NNC(=O)C1CCCN(C(=O)c2ccccc2OC(F)F)C1. The van der Waals surface area contributed by atoms with Crippen molar-refractivity contribution < 1.29 is 27.9 Å². The van der Waals surface area contributed by atoms with E-state index >= 15 is 0 Å². The summed E-state index contributed by atoms with van der Waals surface area (Å²) < 4.78 is 29.7. The quantitative estimate of drug-likeness (QED) is 0.641. The van der Waals surface area contributed by atoms with Gasteiger partial charge >= 0.3 is 6.61 Å². The summed E-state index contributed by atoms with van der Waals surface area (Å²) in [6.45, 7) is -2.57. The molecule has 1 heterocycles. The second-order valence-corrected chi connectivity index (χ2v) is 7.74. The molecule has 0 aliphatic carbocycles. The summed E-state index contributed by atoms with van der Waals surface area (Å²) in [5, 5.41) is 0.558. The summed E-state index contributed by atoms with van der Waals surface area (Å²) in [5.41, 5.74) is 5.51. The highest BCUT2D eigenvalue weighted by Crippen LogP contribution is 2.25. The molecule has 7 nitrogen and oxygen atoms in total. The van der Waals surface area contributed by atoms with Crippen molar-refractivity contribution in [3.05, 3.63) is 64.7 Å². The number of amides is 3. The Balaban J connectivity index is 1.55. The van der Waals surface area contributed by atoms with Crippen LogP contribution in [-0.2, 0) is 16.0 Å². The maximum absolute atomic E-state index is 12.9. The molecule has 0 bridgehead atoms. The maximum Gasteiger partial charge on any atom is 0.387 e. The molecule has 1 unspecified atom stereocenters. The highest BCUT2D eigenvalue weighted by molar-refractivity contribution is 6.30. The Hall–Kier alpha value is -3.20. The van der Waals surface area contributed by atoms with Crippen LogP contribution in [0.15, 0.2) is 48.5 Å². The second kappa shape index (κ2) is 10.9. The molecule has 3 amide bonds. The molecule has 1 aliphatic heterocycles. The van der Waals surface area contributed by atoms with Crippen molar-refractivity contribution in [2.75, 3.05) is 13.1 Å². The van der Waals surface area contributed by atoms with E-state index in [0.29, 0.717) is 24.4 Å². The van der Waals surface area contributed by atoms with Crippen LogP contribution in [0.5, 0.6) is 5.75 Å². The van der Waals surface area contributed by atoms with Crippen LogP contribution in [0.2, 0.25) is 5.02 Å². The van der Waals surface area contributed by atoms with Crippen LogP contribution in [0.4, 0.5) is 8.78 Å². The lowest BCUT2D eigenvalue weighted by atomic mass is 9.96. The number of piperidine rings is 1. The topological polar surface area (TPSA) is 87.7 Å². The zero-order valence-electron chi connectivity index (χ0n) is 17.0. The predicted octanol–water partition coefficient (Wildman–Crippen LogP) is 3.18. The van der Waals surface area contributed by atoms with Crippen LogP contribution >= 0.6 is 11.6 Å². The van der Waals surface area contributed by atoms with Crippen molar-refractivity contribution in [3.8, 4) is 5.75 Å². The Kier molecular flexibility index (Phi) is 7.99. The first-order valence-electron chi connectivity index (χ1n) is 9.99. The highest BCUT2D eigenvalue weighted by atomic mass is 35.5. The molecule has 1 fully saturated rings. The van der Waals surface area contributed by atoms with E-state index in [-0.39, 0.29) is 24.3 Å². The summed E-state index contributed by atoms with van der Waals surface area (Å²) in [4.78, 5) is 38.9. The summed E-state index contributed by atoms with van der Waals surface area (Å²) >= 11 is 5.81. The minimum atomic E-state index is -3.06. The van der Waals surface area contributed by atoms with E-state index in [9.17, 15) is 23.2 Å². The van der Waals surface area contributed by atoms with Gasteiger partial charge in [-0.1, -0.05) is 35.9 Å². The smallest absolute Gasteiger partial charge is 0.387 e. The molecular formula is C22H22ClF2N3O4. The number of hydrogen-bond acceptors (Lipinski definition) is 4. The molecule has 2 aromatic rings. The molecule has 10 heteroatoms. The van der Waals surface area contributed by atoms with Crippen LogP contribution in [0.3, 0.4) is 0 Å². The number of nitrogens with zero attached hydrogens (tertiary/aromatic N) is 1. The highest BCUT2D eigenvalue weighted by Gasteiger charge is 2.30. The standard InChI is InChI=1S/C22H22ClF2N3O4/c23-16-9-7-14(8-10-16)12-19(29)26-27-20(30)15-4-3-11-28(13-15)21(31)17-5-1-2-6-18(17)32-22(24)25/h1-2,5-10,15,22H,3-4,11-13H2,(H,26,29)(H,27,30). The van der Waals surface area contributed by atoms with Crippen LogP contribution < -0.4 is 15.6 Å². The second-order valence-electron chi connectivity index (χ2n) is 7.31. The Morgan fingerprint density at radius 1 is 1.09 bits per heavy atom. The van der Waals surface area contributed by atoms with Crippen molar-refractivity contribution in [1.29, 1.82) is 0 Å². The number of ether oxygens (including phenoxy) is 1. The van der Waals surface area contributed by atoms with Crippen LogP contribution in [-0.4, -0.2) is 42.3 Å². The number of likely N-dealkylation sites (tertiary alicyclic amines) is 1. The molecule has 1 atom stereocenters. The number of hydrogen-bond donors (Lipinski definition) is 2. The molecule has 1 aliphatic rings. The summed E-state index contributed by atoms with van der Waals surface area (Å²) in [5.74, 6) is -2.09. The van der Waals surface area contributed by atoms with E-state index < -0.39 is 30.3 Å². The third-order valence-electron chi connectivity index (χ3n) is 5.02. The van der Waals surface area contributed by atoms with E-state index in [2.05, 4.69) is 15.6 Å². The monoisotopic (exact) mass is 465 g/mol. The molecule has 1 saturated heterocycles. The Morgan fingerprint density at radius 2 is 1.81 bits per heavy atom. The van der Waals surface area contributed by atoms with E-state index in [0.717, 1.165) is 5.56 Å². The van der Waals surface area contributed by atoms with Crippen LogP contribution in [0.25, 0.3) is 0 Å². The summed E-state index contributed by atoms with van der Waals surface area (Å²) in [7, 11) is 0. The lowest BCUT2D eigenvalue weighted by Crippen LogP contribution is -2.50. The van der Waals surface area contributed by atoms with E-state index in [4.69, 9.17) is 11.6 Å². The van der Waals surface area contributed by atoms with Crippen LogP contribution in [0.1, 0.15) is 28.8 Å². The first kappa shape index (κ1) is 23.5. The van der Waals surface area contributed by atoms with Gasteiger partial charge in [0, 0.05) is 18.1 Å². The van der Waals surface area contributed by atoms with Gasteiger partial charge in [0.15, 0.2) is 0 Å². The Morgan fingerprint density at radius 3 is 2.53 bits per heavy atom. The molecule has 0 aromatic heterocycles. The Labute approximate surface area is 188 Å². The number of nitrogens with one attached hydrogen (secondary N) is 2. The minimum Gasteiger partial charge on any atom is -0.434 e. The van der Waals surface area contributed by atoms with Crippen molar-refractivity contribution in [2.45, 2.75) is 25.9 Å². The van der Waals surface area contributed by atoms with Crippen LogP contribution in [0, 0.1) is 5.92 Å². The van der Waals surface area contributed by atoms with Crippen molar-refractivity contribution in [1.82, 2.24) is 15.8 Å². The third-order valence-corrected chi connectivity index (χ3v) is 5.27. The number of benzene rings is 2. The Bertz CT molecular complexity index is 972. The third kappa shape index (κ3) is 6.40. The molecule has 0 saturated carbocycles. The number of carbonyl (C=O) groups excluding carboxylic acids is 3. The molecule has 3 rings (SSSR count). The molecule has 0 radical (unpaired) electrons. The zero-order valence-corrected chi connectivity index (χ0v) is 17.8. The zero-order chi connectivity index (χ0) is 23.1. The van der Waals surface area contributed by atoms with Gasteiger partial charge in [0.1, 0.15) is 5.75 Å². The van der Waals surface area contributed by atoms with Gasteiger partial charge < -0.3 is 9.64 Å². The number of halogens is 3. The molecular weight excluding hydrogens is 444 g/mol. The predicted molar refractivity (Wildman–Crippen MR) is 113 cm³/mol. The number of alkyl halides is 2. The van der Waals surface area contributed by atoms with Gasteiger partial charge in [-0.2, -0.15) is 8.78 Å². The van der Waals surface area contributed by atoms with Crippen molar-refractivity contribution in [2.24, 2.45) is 5.92 Å². The molecule has 0 spiro atoms. The van der Waals surface area contributed by atoms with Gasteiger partial charge in [0.05, 0.1) is 17.9 Å². The fraction of sp³-hybridized carbons (Fsp3) is 0.318. The largest absolute Gasteiger partial charge is 0.434 e. The maximum atomic E-state index is 12.9. The van der Waals surface area contributed by atoms with Gasteiger partial charge in [0.2, 0.25) is 11.8 Å². The van der Waals surface area contributed by atoms with Gasteiger partial charge in [-0.3, -0.25) is 25.2 Å². The fourth-order valence-corrected chi connectivity index (χ4v) is 3.58.